The molecule has 4 amide bonds. The number of likely N-dealkylation sites (tertiary alicyclic amines) is 2. The minimum Gasteiger partial charge on any atom is -0.449 e. The van der Waals surface area contributed by atoms with Gasteiger partial charge in [-0.3, -0.25) is 9.59 Å². The molecule has 8 rings (SSSR count). The van der Waals surface area contributed by atoms with Crippen molar-refractivity contribution in [3.05, 3.63) is 105 Å². The summed E-state index contributed by atoms with van der Waals surface area (Å²) in [5.74, 6) is -1.17. The molecule has 2 saturated heterocycles. The van der Waals surface area contributed by atoms with Crippen LogP contribution in [0.1, 0.15) is 127 Å². The topological polar surface area (TPSA) is 194 Å². The standard InChI is InChI=1S/C27H32ClFN4O5S.C25H29ClFN3O2/c1-26(2,3)17-12-20(15-7-8-18(28)19(29)11-15)31-21-13-22(38-23(17)21)24(34)33-10-9-16(14-27(33,4)5)30-25(35)32-39(6,36)37;1-24(2,3)16-11-19(14-6-7-17(26)18(27)10-14)29-20-12-21(32-22(16)20)23(31)30-9-8-15(28)13-25(30,4)5/h7-8,11-13,16H,9-10,14H2,1-6H3,(H2,30,32,35);6-7,10-12,15H,8-9,13,28H2,1-5H3. The van der Waals surface area contributed by atoms with Gasteiger partial charge in [0.25, 0.3) is 11.8 Å². The largest absolute Gasteiger partial charge is 0.449 e. The average Bonchev–Trinajstić information content (AvgIpc) is 3.88. The monoisotopic (exact) mass is 1040 g/mol. The molecule has 4 N–H and O–H groups in total. The molecule has 2 aromatic carbocycles. The lowest BCUT2D eigenvalue weighted by Gasteiger charge is -2.45. The zero-order valence-electron chi connectivity index (χ0n) is 41.8. The van der Waals surface area contributed by atoms with E-state index in [0.29, 0.717) is 70.6 Å². The molecule has 380 valence electrons. The number of sulfonamides is 1. The number of hydrogen-bond acceptors (Lipinski definition) is 10. The van der Waals surface area contributed by atoms with Gasteiger partial charge in [-0.15, -0.1) is 0 Å². The van der Waals surface area contributed by atoms with Crippen LogP contribution in [0.15, 0.2) is 69.5 Å². The Morgan fingerprint density at radius 2 is 1.13 bits per heavy atom. The summed E-state index contributed by atoms with van der Waals surface area (Å²) < 4.78 is 65.1. The number of furan rings is 2. The van der Waals surface area contributed by atoms with E-state index in [9.17, 15) is 31.6 Å². The minimum absolute atomic E-state index is 0.0182. The third-order valence-electron chi connectivity index (χ3n) is 12.9. The number of piperidine rings is 2. The van der Waals surface area contributed by atoms with Gasteiger partial charge in [0.05, 0.1) is 27.7 Å². The van der Waals surface area contributed by atoms with E-state index in [0.717, 1.165) is 30.2 Å². The van der Waals surface area contributed by atoms with E-state index in [1.54, 1.807) is 29.2 Å². The predicted octanol–water partition coefficient (Wildman–Crippen LogP) is 11.2. The van der Waals surface area contributed by atoms with Crippen molar-refractivity contribution in [2.45, 2.75) is 129 Å². The Morgan fingerprint density at radius 3 is 1.51 bits per heavy atom. The van der Waals surface area contributed by atoms with Crippen LogP contribution in [0.4, 0.5) is 13.6 Å². The third kappa shape index (κ3) is 11.9. The Hall–Kier alpha value is -5.62. The fourth-order valence-corrected chi connectivity index (χ4v) is 9.99. The highest BCUT2D eigenvalue weighted by molar-refractivity contribution is 7.89. The van der Waals surface area contributed by atoms with E-state index in [4.69, 9.17) is 42.8 Å². The molecule has 2 unspecified atom stereocenters. The van der Waals surface area contributed by atoms with Gasteiger partial charge in [0.2, 0.25) is 10.0 Å². The van der Waals surface area contributed by atoms with Crippen molar-refractivity contribution in [2.75, 3.05) is 19.3 Å². The molecule has 0 aliphatic carbocycles. The second-order valence-corrected chi connectivity index (χ2v) is 24.4. The number of carbonyl (C=O) groups excluding carboxylic acids is 3. The quantitative estimate of drug-likeness (QED) is 0.144. The maximum atomic E-state index is 14.2. The highest BCUT2D eigenvalue weighted by atomic mass is 35.5. The lowest BCUT2D eigenvalue weighted by atomic mass is 9.86. The predicted molar refractivity (Wildman–Crippen MR) is 273 cm³/mol. The Balaban J connectivity index is 0.000000213. The number of halogens is 4. The first kappa shape index (κ1) is 53.2. The Morgan fingerprint density at radius 1 is 0.704 bits per heavy atom. The lowest BCUT2D eigenvalue weighted by molar-refractivity contribution is 0.0349. The zero-order chi connectivity index (χ0) is 52.3. The van der Waals surface area contributed by atoms with Crippen LogP contribution in [-0.2, 0) is 20.9 Å². The fourth-order valence-electron chi connectivity index (χ4n) is 9.35. The Kier molecular flexibility index (Phi) is 14.6. The van der Waals surface area contributed by atoms with Crippen molar-refractivity contribution in [3.63, 3.8) is 0 Å². The summed E-state index contributed by atoms with van der Waals surface area (Å²) in [4.78, 5) is 52.0. The Labute approximate surface area is 423 Å². The normalized spacial score (nSPS) is 18.3. The van der Waals surface area contributed by atoms with E-state index in [1.165, 1.54) is 24.3 Å². The Bertz CT molecular complexity index is 3180. The van der Waals surface area contributed by atoms with Gasteiger partial charge in [0.15, 0.2) is 22.7 Å². The van der Waals surface area contributed by atoms with Gasteiger partial charge in [-0.05, 0) is 101 Å². The second-order valence-electron chi connectivity index (χ2n) is 21.8. The minimum atomic E-state index is -3.68. The van der Waals surface area contributed by atoms with Crippen LogP contribution in [0.2, 0.25) is 10.0 Å². The lowest BCUT2D eigenvalue weighted by Crippen LogP contribution is -2.58. The molecule has 2 aliphatic heterocycles. The van der Waals surface area contributed by atoms with Crippen LogP contribution in [0.5, 0.6) is 0 Å². The molecule has 14 nitrogen and oxygen atoms in total. The first-order valence-corrected chi connectivity index (χ1v) is 25.9. The van der Waals surface area contributed by atoms with E-state index < -0.39 is 33.2 Å². The average molecular weight is 1040 g/mol. The van der Waals surface area contributed by atoms with Crippen molar-refractivity contribution in [1.82, 2.24) is 29.8 Å². The molecular formula is C52H61Cl2F2N7O7S. The van der Waals surface area contributed by atoms with Crippen LogP contribution in [0, 0.1) is 11.6 Å². The molecule has 0 bridgehead atoms. The summed E-state index contributed by atoms with van der Waals surface area (Å²) in [5, 5.41) is 2.75. The van der Waals surface area contributed by atoms with Crippen molar-refractivity contribution in [3.8, 4) is 22.5 Å². The maximum Gasteiger partial charge on any atom is 0.328 e. The second kappa shape index (κ2) is 19.4. The summed E-state index contributed by atoms with van der Waals surface area (Å²) in [5.41, 5.74) is 10.6. The van der Waals surface area contributed by atoms with Crippen molar-refractivity contribution in [2.24, 2.45) is 5.73 Å². The van der Waals surface area contributed by atoms with Gasteiger partial charge in [-0.2, -0.15) is 0 Å². The highest BCUT2D eigenvalue weighted by Crippen LogP contribution is 2.39. The zero-order valence-corrected chi connectivity index (χ0v) is 44.1. The van der Waals surface area contributed by atoms with Gasteiger partial charge >= 0.3 is 6.03 Å². The summed E-state index contributed by atoms with van der Waals surface area (Å²) >= 11 is 11.7. The fraction of sp³-hybridized carbons (Fsp3) is 0.442. The number of benzene rings is 2. The van der Waals surface area contributed by atoms with Crippen molar-refractivity contribution in [1.29, 1.82) is 0 Å². The number of nitrogens with one attached hydrogen (secondary N) is 2. The molecule has 0 spiro atoms. The summed E-state index contributed by atoms with van der Waals surface area (Å²) in [6, 6.07) is 15.1. The number of amides is 4. The van der Waals surface area contributed by atoms with Crippen molar-refractivity contribution < 1.29 is 40.4 Å². The number of rotatable bonds is 6. The summed E-state index contributed by atoms with van der Waals surface area (Å²) in [6.45, 7) is 20.9. The molecule has 71 heavy (non-hydrogen) atoms. The highest BCUT2D eigenvalue weighted by Gasteiger charge is 2.41. The van der Waals surface area contributed by atoms with Gasteiger partial charge in [0, 0.05) is 70.6 Å². The van der Waals surface area contributed by atoms with Crippen LogP contribution in [0.3, 0.4) is 0 Å². The molecule has 4 aromatic heterocycles. The van der Waals surface area contributed by atoms with E-state index in [1.807, 2.05) is 70.2 Å². The number of aromatic nitrogens is 2. The molecule has 0 radical (unpaired) electrons. The number of nitrogens with two attached hydrogens (primary N) is 1. The maximum absolute atomic E-state index is 14.2. The van der Waals surface area contributed by atoms with Crippen LogP contribution in [0.25, 0.3) is 44.7 Å². The molecule has 6 heterocycles. The van der Waals surface area contributed by atoms with Crippen LogP contribution >= 0.6 is 23.2 Å². The first-order valence-electron chi connectivity index (χ1n) is 23.3. The van der Waals surface area contributed by atoms with Gasteiger partial charge < -0.3 is 29.7 Å². The summed E-state index contributed by atoms with van der Waals surface area (Å²) in [7, 11) is -3.68. The molecule has 6 aromatic rings. The van der Waals surface area contributed by atoms with E-state index >= 15 is 0 Å². The molecule has 19 heteroatoms. The first-order chi connectivity index (χ1) is 32.8. The molecule has 2 atom stereocenters. The molecule has 2 aliphatic rings. The van der Waals surface area contributed by atoms with Gasteiger partial charge in [-0.1, -0.05) is 76.9 Å². The van der Waals surface area contributed by atoms with E-state index in [-0.39, 0.29) is 61.8 Å². The number of carbonyl (C=O) groups is 3. The molecule has 0 saturated carbocycles. The number of fused-ring (bicyclic) bond motifs is 2. The number of urea groups is 1. The SMILES string of the molecule is CC(C)(C)c1cc(-c2ccc(Cl)c(F)c2)nc2cc(C(=O)N3CCC(N)CC3(C)C)oc12.CC(C)(C)c1cc(-c2ccc(Cl)c(F)c2)nc2cc(C(=O)N3CCC(NC(=O)NS(C)(=O)=O)CC3(C)C)oc12. The molecule has 2 fully saturated rings. The number of nitrogens with zero attached hydrogens (tertiary/aromatic N) is 4. The number of hydrogen-bond donors (Lipinski definition) is 3. The van der Waals surface area contributed by atoms with Gasteiger partial charge in [0.1, 0.15) is 22.7 Å². The number of pyridine rings is 2. The van der Waals surface area contributed by atoms with Crippen molar-refractivity contribution >= 4 is 73.3 Å². The van der Waals surface area contributed by atoms with Gasteiger partial charge in [-0.25, -0.2) is 36.7 Å². The van der Waals surface area contributed by atoms with Crippen LogP contribution < -0.4 is 15.8 Å². The summed E-state index contributed by atoms with van der Waals surface area (Å²) in [6.07, 6.45) is 3.24. The third-order valence-corrected chi connectivity index (χ3v) is 14.1. The van der Waals surface area contributed by atoms with E-state index in [2.05, 4.69) is 31.1 Å². The van der Waals surface area contributed by atoms with Crippen LogP contribution in [-0.4, -0.2) is 88.5 Å². The molecular weight excluding hydrogens is 976 g/mol. The smallest absolute Gasteiger partial charge is 0.328 e.